The Bertz CT molecular complexity index is 357. The van der Waals surface area contributed by atoms with Crippen LogP contribution in [0.15, 0.2) is 30.3 Å². The van der Waals surface area contributed by atoms with Gasteiger partial charge >= 0.3 is 0 Å². The molecule has 3 N–H and O–H groups in total. The highest BCUT2D eigenvalue weighted by Gasteiger charge is 2.42. The zero-order valence-electron chi connectivity index (χ0n) is 11.3. The van der Waals surface area contributed by atoms with Crippen LogP contribution < -0.4 is 5.73 Å². The van der Waals surface area contributed by atoms with Crippen LogP contribution in [-0.4, -0.2) is 17.8 Å². The summed E-state index contributed by atoms with van der Waals surface area (Å²) in [6.45, 7) is 2.72. The maximum Gasteiger partial charge on any atom is 0.0676 e. The summed E-state index contributed by atoms with van der Waals surface area (Å²) in [5.74, 6) is 0.0734. The summed E-state index contributed by atoms with van der Waals surface area (Å²) in [6.07, 6.45) is 5.53. The van der Waals surface area contributed by atoms with Gasteiger partial charge in [0, 0.05) is 12.5 Å². The van der Waals surface area contributed by atoms with Crippen LogP contribution in [0.1, 0.15) is 50.5 Å². The molecule has 0 aliphatic heterocycles. The van der Waals surface area contributed by atoms with Gasteiger partial charge in [0.15, 0.2) is 0 Å². The van der Waals surface area contributed by atoms with E-state index >= 15 is 0 Å². The summed E-state index contributed by atoms with van der Waals surface area (Å²) in [6, 6.07) is 10.2. The predicted octanol–water partition coefficient (Wildman–Crippen LogP) is 3.06. The zero-order chi connectivity index (χ0) is 13.0. The highest BCUT2D eigenvalue weighted by atomic mass is 16.3. The molecule has 1 aromatic rings. The molecule has 2 atom stereocenters. The van der Waals surface area contributed by atoms with Crippen LogP contribution in [0.2, 0.25) is 0 Å². The highest BCUT2D eigenvalue weighted by molar-refractivity contribution is 5.22. The second-order valence-corrected chi connectivity index (χ2v) is 5.62. The quantitative estimate of drug-likeness (QED) is 0.840. The minimum atomic E-state index is -0.308. The zero-order valence-corrected chi connectivity index (χ0v) is 11.3. The van der Waals surface area contributed by atoms with Gasteiger partial charge in [0.1, 0.15) is 0 Å². The Labute approximate surface area is 110 Å². The number of rotatable bonds is 5. The minimum absolute atomic E-state index is 0.0734. The number of hydrogen-bond acceptors (Lipinski definition) is 2. The average molecular weight is 247 g/mol. The van der Waals surface area contributed by atoms with Gasteiger partial charge in [0.25, 0.3) is 0 Å². The fraction of sp³-hybridized carbons (Fsp3) is 0.625. The lowest BCUT2D eigenvalue weighted by Gasteiger charge is -2.38. The average Bonchev–Trinajstić information content (AvgIpc) is 2.91. The molecule has 1 aromatic carbocycles. The van der Waals surface area contributed by atoms with Crippen molar-refractivity contribution in [2.45, 2.75) is 51.0 Å². The number of aliphatic hydroxyl groups excluding tert-OH is 1. The molecular formula is C16H25NO. The van der Waals surface area contributed by atoms with Gasteiger partial charge in [-0.2, -0.15) is 0 Å². The van der Waals surface area contributed by atoms with E-state index in [0.717, 1.165) is 19.3 Å². The first-order chi connectivity index (χ1) is 8.73. The van der Waals surface area contributed by atoms with E-state index in [-0.39, 0.29) is 17.4 Å². The molecule has 0 heterocycles. The molecule has 0 aromatic heterocycles. The molecule has 0 radical (unpaired) electrons. The van der Waals surface area contributed by atoms with Crippen molar-refractivity contribution in [3.63, 3.8) is 0 Å². The van der Waals surface area contributed by atoms with Crippen LogP contribution in [0.3, 0.4) is 0 Å². The second kappa shape index (κ2) is 5.85. The Morgan fingerprint density at radius 3 is 2.33 bits per heavy atom. The van der Waals surface area contributed by atoms with Crippen molar-refractivity contribution in [3.8, 4) is 0 Å². The van der Waals surface area contributed by atoms with E-state index in [9.17, 15) is 5.11 Å². The first kappa shape index (κ1) is 13.6. The largest absolute Gasteiger partial charge is 0.392 e. The van der Waals surface area contributed by atoms with E-state index in [1.54, 1.807) is 0 Å². The molecule has 0 saturated heterocycles. The molecule has 18 heavy (non-hydrogen) atoms. The third kappa shape index (κ3) is 2.45. The van der Waals surface area contributed by atoms with Crippen molar-refractivity contribution in [2.24, 2.45) is 11.1 Å². The Balaban J connectivity index is 2.22. The molecule has 2 heteroatoms. The SMILES string of the molecule is CCC1(C(O)C(CN)c2ccccc2)CCCC1. The maximum atomic E-state index is 10.8. The molecule has 100 valence electrons. The summed E-state index contributed by atoms with van der Waals surface area (Å²) in [5.41, 5.74) is 7.20. The molecule has 0 bridgehead atoms. The summed E-state index contributed by atoms with van der Waals surface area (Å²) >= 11 is 0. The van der Waals surface area contributed by atoms with Crippen molar-refractivity contribution in [1.29, 1.82) is 0 Å². The second-order valence-electron chi connectivity index (χ2n) is 5.62. The van der Waals surface area contributed by atoms with E-state index in [1.807, 2.05) is 18.2 Å². The first-order valence-electron chi connectivity index (χ1n) is 7.16. The number of nitrogens with two attached hydrogens (primary N) is 1. The van der Waals surface area contributed by atoms with Crippen molar-refractivity contribution in [3.05, 3.63) is 35.9 Å². The van der Waals surface area contributed by atoms with Crippen LogP contribution >= 0.6 is 0 Å². The topological polar surface area (TPSA) is 46.2 Å². The fourth-order valence-corrected chi connectivity index (χ4v) is 3.51. The van der Waals surface area contributed by atoms with Gasteiger partial charge in [-0.15, -0.1) is 0 Å². The Hall–Kier alpha value is -0.860. The lowest BCUT2D eigenvalue weighted by molar-refractivity contribution is 0.00601. The predicted molar refractivity (Wildman–Crippen MR) is 75.4 cm³/mol. The van der Waals surface area contributed by atoms with E-state index < -0.39 is 0 Å². The molecule has 1 aliphatic rings. The molecule has 0 spiro atoms. The van der Waals surface area contributed by atoms with E-state index in [4.69, 9.17) is 5.73 Å². The maximum absolute atomic E-state index is 10.8. The summed E-state index contributed by atoms with van der Waals surface area (Å²) < 4.78 is 0. The smallest absolute Gasteiger partial charge is 0.0676 e. The van der Waals surface area contributed by atoms with Crippen LogP contribution in [0, 0.1) is 5.41 Å². The normalized spacial score (nSPS) is 21.7. The van der Waals surface area contributed by atoms with Crippen molar-refractivity contribution in [2.75, 3.05) is 6.54 Å². The van der Waals surface area contributed by atoms with Gasteiger partial charge < -0.3 is 10.8 Å². The summed E-state index contributed by atoms with van der Waals surface area (Å²) in [5, 5.41) is 10.8. The van der Waals surface area contributed by atoms with Gasteiger partial charge in [-0.3, -0.25) is 0 Å². The third-order valence-electron chi connectivity index (χ3n) is 4.79. The van der Waals surface area contributed by atoms with Crippen molar-refractivity contribution >= 4 is 0 Å². The van der Waals surface area contributed by atoms with E-state index in [2.05, 4.69) is 19.1 Å². The van der Waals surface area contributed by atoms with Gasteiger partial charge in [-0.1, -0.05) is 50.1 Å². The molecule has 2 rings (SSSR count). The third-order valence-corrected chi connectivity index (χ3v) is 4.79. The van der Waals surface area contributed by atoms with E-state index in [0.29, 0.717) is 6.54 Å². The number of hydrogen-bond donors (Lipinski definition) is 2. The molecule has 2 unspecified atom stereocenters. The lowest BCUT2D eigenvalue weighted by Crippen LogP contribution is -2.39. The van der Waals surface area contributed by atoms with Crippen molar-refractivity contribution in [1.82, 2.24) is 0 Å². The monoisotopic (exact) mass is 247 g/mol. The number of aliphatic hydroxyl groups is 1. The minimum Gasteiger partial charge on any atom is -0.392 e. The Kier molecular flexibility index (Phi) is 4.41. The van der Waals surface area contributed by atoms with Crippen molar-refractivity contribution < 1.29 is 5.11 Å². The fourth-order valence-electron chi connectivity index (χ4n) is 3.51. The van der Waals surface area contributed by atoms with Gasteiger partial charge in [-0.05, 0) is 30.2 Å². The van der Waals surface area contributed by atoms with Gasteiger partial charge in [0.05, 0.1) is 6.10 Å². The summed E-state index contributed by atoms with van der Waals surface area (Å²) in [4.78, 5) is 0. The molecule has 1 aliphatic carbocycles. The highest BCUT2D eigenvalue weighted by Crippen LogP contribution is 2.47. The first-order valence-corrected chi connectivity index (χ1v) is 7.16. The van der Waals surface area contributed by atoms with Crippen LogP contribution in [0.4, 0.5) is 0 Å². The van der Waals surface area contributed by atoms with Crippen LogP contribution in [-0.2, 0) is 0 Å². The van der Waals surface area contributed by atoms with E-state index in [1.165, 1.54) is 18.4 Å². The number of benzene rings is 1. The standard InChI is InChI=1S/C16H25NO/c1-2-16(10-6-7-11-16)15(18)14(12-17)13-8-4-3-5-9-13/h3-5,8-9,14-15,18H,2,6-7,10-12,17H2,1H3. The van der Waals surface area contributed by atoms with Gasteiger partial charge in [-0.25, -0.2) is 0 Å². The molecule has 1 saturated carbocycles. The Morgan fingerprint density at radius 1 is 1.22 bits per heavy atom. The molecule has 1 fully saturated rings. The molecule has 2 nitrogen and oxygen atoms in total. The van der Waals surface area contributed by atoms with Crippen LogP contribution in [0.25, 0.3) is 0 Å². The molecular weight excluding hydrogens is 222 g/mol. The lowest BCUT2D eigenvalue weighted by atomic mass is 9.71. The summed E-state index contributed by atoms with van der Waals surface area (Å²) in [7, 11) is 0. The van der Waals surface area contributed by atoms with Gasteiger partial charge in [0.2, 0.25) is 0 Å². The Morgan fingerprint density at radius 2 is 1.83 bits per heavy atom. The molecule has 0 amide bonds. The van der Waals surface area contributed by atoms with Crippen LogP contribution in [0.5, 0.6) is 0 Å².